The summed E-state index contributed by atoms with van der Waals surface area (Å²) in [5.74, 6) is -0.673. The summed E-state index contributed by atoms with van der Waals surface area (Å²) in [5, 5.41) is 0. The van der Waals surface area contributed by atoms with Crippen molar-refractivity contribution in [2.75, 3.05) is 19.0 Å². The summed E-state index contributed by atoms with van der Waals surface area (Å²) in [7, 11) is -3.70. The van der Waals surface area contributed by atoms with Crippen LogP contribution < -0.4 is 5.73 Å². The number of ether oxygens (including phenoxy) is 1. The Morgan fingerprint density at radius 3 is 2.71 bits per heavy atom. The highest BCUT2D eigenvalue weighted by molar-refractivity contribution is 7.93. The van der Waals surface area contributed by atoms with Crippen molar-refractivity contribution in [2.45, 2.75) is 49.3 Å². The molecule has 28 heavy (non-hydrogen) atoms. The first-order valence-electron chi connectivity index (χ1n) is 9.64. The average Bonchev–Trinajstić information content (AvgIpc) is 3.04. The fraction of sp³-hybridized carbons (Fsp3) is 0.600. The van der Waals surface area contributed by atoms with Gasteiger partial charge in [-0.1, -0.05) is 12.5 Å². The Bertz CT molecular complexity index is 949. The minimum atomic E-state index is -3.70. The summed E-state index contributed by atoms with van der Waals surface area (Å²) in [6.45, 7) is 1.87. The van der Waals surface area contributed by atoms with E-state index in [2.05, 4.69) is 4.99 Å². The van der Waals surface area contributed by atoms with Gasteiger partial charge in [-0.15, -0.1) is 0 Å². The Morgan fingerprint density at radius 2 is 2.14 bits per heavy atom. The monoisotopic (exact) mass is 408 g/mol. The molecule has 1 saturated carbocycles. The summed E-state index contributed by atoms with van der Waals surface area (Å²) in [6.07, 6.45) is 3.37. The second-order valence-corrected chi connectivity index (χ2v) is 10.7. The minimum absolute atomic E-state index is 0.0147. The van der Waals surface area contributed by atoms with Crippen LogP contribution >= 0.6 is 0 Å². The van der Waals surface area contributed by atoms with Crippen LogP contribution in [-0.2, 0) is 31.3 Å². The Kier molecular flexibility index (Phi) is 4.62. The summed E-state index contributed by atoms with van der Waals surface area (Å²) in [4.78, 5) is 16.8. The fourth-order valence-electron chi connectivity index (χ4n) is 4.37. The van der Waals surface area contributed by atoms with Crippen molar-refractivity contribution in [3.05, 3.63) is 35.1 Å². The van der Waals surface area contributed by atoms with Gasteiger partial charge in [0.05, 0.1) is 12.4 Å². The zero-order valence-corrected chi connectivity index (χ0v) is 16.7. The molecule has 2 heterocycles. The van der Waals surface area contributed by atoms with E-state index in [4.69, 9.17) is 10.5 Å². The van der Waals surface area contributed by atoms with Gasteiger partial charge in [0.1, 0.15) is 23.0 Å². The molecule has 2 aliphatic heterocycles. The van der Waals surface area contributed by atoms with Crippen LogP contribution in [-0.4, -0.2) is 43.8 Å². The van der Waals surface area contributed by atoms with E-state index in [0.717, 1.165) is 19.3 Å². The highest BCUT2D eigenvalue weighted by atomic mass is 32.2. The van der Waals surface area contributed by atoms with E-state index in [1.54, 1.807) is 19.1 Å². The van der Waals surface area contributed by atoms with E-state index < -0.39 is 25.9 Å². The second-order valence-electron chi connectivity index (χ2n) is 8.41. The van der Waals surface area contributed by atoms with Gasteiger partial charge in [0, 0.05) is 24.5 Å². The number of nitrogens with two attached hydrogens (primary N) is 1. The number of nitrogens with zero attached hydrogens (tertiary/aromatic N) is 1. The van der Waals surface area contributed by atoms with Crippen molar-refractivity contribution in [3.8, 4) is 0 Å². The van der Waals surface area contributed by atoms with E-state index in [0.29, 0.717) is 12.2 Å². The predicted molar refractivity (Wildman–Crippen MR) is 103 cm³/mol. The van der Waals surface area contributed by atoms with E-state index in [-0.39, 0.29) is 48.3 Å². The van der Waals surface area contributed by atoms with Crippen molar-refractivity contribution < 1.29 is 22.3 Å². The van der Waals surface area contributed by atoms with Gasteiger partial charge in [-0.05, 0) is 43.9 Å². The maximum atomic E-state index is 14.7. The third-order valence-corrected chi connectivity index (χ3v) is 9.10. The standard InChI is InChI=1S/C20H25FN2O4S/c1-19(12-28(25,26)20(18(22)23-19)7-8-27-11-20)15-9-13(5-6-16(15)21)10-17(24)14-3-2-4-14/h5-6,9,14H,2-4,7-8,10-12H2,1H3,(H2,22,23)/t19-,20-/m0/s1. The first-order valence-corrected chi connectivity index (χ1v) is 11.3. The van der Waals surface area contributed by atoms with E-state index in [1.165, 1.54) is 6.07 Å². The third-order valence-electron chi connectivity index (χ3n) is 6.44. The molecule has 6 nitrogen and oxygen atoms in total. The molecule has 2 atom stereocenters. The number of hydrogen-bond donors (Lipinski definition) is 1. The van der Waals surface area contributed by atoms with Gasteiger partial charge in [0.2, 0.25) is 0 Å². The molecule has 0 bridgehead atoms. The molecule has 3 aliphatic rings. The first kappa shape index (κ1) is 19.5. The van der Waals surface area contributed by atoms with Crippen LogP contribution in [0.25, 0.3) is 0 Å². The van der Waals surface area contributed by atoms with Crippen LogP contribution in [0.4, 0.5) is 4.39 Å². The first-order chi connectivity index (χ1) is 13.2. The molecule has 2 fully saturated rings. The smallest absolute Gasteiger partial charge is 0.168 e. The number of aliphatic imine (C=N–C) groups is 1. The molecule has 2 N–H and O–H groups in total. The van der Waals surface area contributed by atoms with Crippen LogP contribution in [0.3, 0.4) is 0 Å². The van der Waals surface area contributed by atoms with E-state index in [9.17, 15) is 17.6 Å². The number of carbonyl (C=O) groups excluding carboxylic acids is 1. The zero-order chi connectivity index (χ0) is 20.2. The lowest BCUT2D eigenvalue weighted by molar-refractivity contribution is -0.124. The molecule has 0 radical (unpaired) electrons. The highest BCUT2D eigenvalue weighted by Gasteiger charge is 2.57. The number of rotatable bonds is 4. The van der Waals surface area contributed by atoms with Crippen LogP contribution in [0.15, 0.2) is 23.2 Å². The SMILES string of the molecule is C[C@@]1(c2cc(CC(=O)C3CCC3)ccc2F)CS(=O)(=O)[C@]2(CCOC2)C(N)=N1. The number of halogens is 1. The Balaban J connectivity index is 1.70. The molecule has 8 heteroatoms. The normalized spacial score (nSPS) is 32.1. The van der Waals surface area contributed by atoms with Crippen molar-refractivity contribution in [3.63, 3.8) is 0 Å². The number of ketones is 1. The highest BCUT2D eigenvalue weighted by Crippen LogP contribution is 2.41. The third kappa shape index (κ3) is 2.97. The van der Waals surface area contributed by atoms with Crippen molar-refractivity contribution >= 4 is 21.5 Å². The Morgan fingerprint density at radius 1 is 1.39 bits per heavy atom. The zero-order valence-electron chi connectivity index (χ0n) is 15.9. The molecule has 1 aromatic rings. The lowest BCUT2D eigenvalue weighted by Gasteiger charge is -2.39. The maximum Gasteiger partial charge on any atom is 0.168 e. The van der Waals surface area contributed by atoms with Gasteiger partial charge >= 0.3 is 0 Å². The number of benzene rings is 1. The van der Waals surface area contributed by atoms with Gasteiger partial charge < -0.3 is 10.5 Å². The van der Waals surface area contributed by atoms with Crippen molar-refractivity contribution in [1.29, 1.82) is 0 Å². The number of amidine groups is 1. The number of sulfone groups is 1. The van der Waals surface area contributed by atoms with Crippen molar-refractivity contribution in [2.24, 2.45) is 16.6 Å². The van der Waals surface area contributed by atoms with Gasteiger partial charge in [-0.3, -0.25) is 9.79 Å². The molecule has 4 rings (SSSR count). The minimum Gasteiger partial charge on any atom is -0.386 e. The van der Waals surface area contributed by atoms with E-state index >= 15 is 0 Å². The van der Waals surface area contributed by atoms with Crippen LogP contribution in [0.5, 0.6) is 0 Å². The van der Waals surface area contributed by atoms with Gasteiger partial charge in [-0.25, -0.2) is 12.8 Å². The average molecular weight is 408 g/mol. The molecule has 0 amide bonds. The molecule has 0 unspecified atom stereocenters. The Labute approximate surface area is 164 Å². The summed E-state index contributed by atoms with van der Waals surface area (Å²) >= 11 is 0. The maximum absolute atomic E-state index is 14.7. The number of hydrogen-bond acceptors (Lipinski definition) is 6. The molecule has 152 valence electrons. The molecule has 0 aromatic heterocycles. The molecular weight excluding hydrogens is 383 g/mol. The quantitative estimate of drug-likeness (QED) is 0.820. The van der Waals surface area contributed by atoms with Crippen LogP contribution in [0, 0.1) is 11.7 Å². The second kappa shape index (κ2) is 6.62. The molecule has 1 aliphatic carbocycles. The van der Waals surface area contributed by atoms with E-state index in [1.807, 2.05) is 0 Å². The van der Waals surface area contributed by atoms with Gasteiger partial charge in [-0.2, -0.15) is 0 Å². The number of carbonyl (C=O) groups is 1. The summed E-state index contributed by atoms with van der Waals surface area (Å²) < 4.78 is 44.9. The topological polar surface area (TPSA) is 98.8 Å². The van der Waals surface area contributed by atoms with Crippen molar-refractivity contribution in [1.82, 2.24) is 0 Å². The van der Waals surface area contributed by atoms with Crippen LogP contribution in [0.1, 0.15) is 43.7 Å². The summed E-state index contributed by atoms with van der Waals surface area (Å²) in [5.41, 5.74) is 5.61. The number of Topliss-reactive ketones (excluding diaryl/α,β-unsaturated/α-hetero) is 1. The lowest BCUT2D eigenvalue weighted by Crippen LogP contribution is -2.58. The molecule has 1 aromatic carbocycles. The molecule has 1 saturated heterocycles. The largest absolute Gasteiger partial charge is 0.386 e. The van der Waals surface area contributed by atoms with Crippen LogP contribution in [0.2, 0.25) is 0 Å². The summed E-state index contributed by atoms with van der Waals surface area (Å²) in [6, 6.07) is 4.43. The fourth-order valence-corrected chi connectivity index (χ4v) is 6.63. The molecule has 1 spiro atoms. The molecular formula is C20H25FN2O4S. The lowest BCUT2D eigenvalue weighted by atomic mass is 9.80. The van der Waals surface area contributed by atoms with Gasteiger partial charge in [0.15, 0.2) is 14.6 Å². The van der Waals surface area contributed by atoms with Gasteiger partial charge in [0.25, 0.3) is 0 Å². The predicted octanol–water partition coefficient (Wildman–Crippen LogP) is 1.90. The Hall–Kier alpha value is -1.80.